The fourth-order valence-corrected chi connectivity index (χ4v) is 5.14. The number of aromatic nitrogens is 2. The van der Waals surface area contributed by atoms with Gasteiger partial charge in [0.1, 0.15) is 5.69 Å². The maximum Gasteiger partial charge on any atom is 0.275 e. The minimum Gasteiger partial charge on any atom is -0.321 e. The minimum absolute atomic E-state index is 0.248. The monoisotopic (exact) mass is 549 g/mol. The van der Waals surface area contributed by atoms with Crippen LogP contribution >= 0.6 is 39.5 Å². The summed E-state index contributed by atoms with van der Waals surface area (Å²) in [6.45, 7) is 6.16. The highest BCUT2D eigenvalue weighted by Crippen LogP contribution is 2.32. The van der Waals surface area contributed by atoms with Crippen molar-refractivity contribution in [3.05, 3.63) is 105 Å². The molecule has 34 heavy (non-hydrogen) atoms. The van der Waals surface area contributed by atoms with Gasteiger partial charge in [-0.25, -0.2) is 9.97 Å². The lowest BCUT2D eigenvalue weighted by molar-refractivity contribution is 0.101. The molecule has 4 aromatic rings. The van der Waals surface area contributed by atoms with Crippen LogP contribution in [0.3, 0.4) is 0 Å². The summed E-state index contributed by atoms with van der Waals surface area (Å²) in [5.41, 5.74) is 5.84. The third-order valence-corrected chi connectivity index (χ3v) is 7.69. The van der Waals surface area contributed by atoms with Crippen molar-refractivity contribution in [1.29, 1.82) is 0 Å². The second-order valence-corrected chi connectivity index (χ2v) is 10.9. The van der Waals surface area contributed by atoms with E-state index in [0.717, 1.165) is 26.4 Å². The highest BCUT2D eigenvalue weighted by molar-refractivity contribution is 9.10. The van der Waals surface area contributed by atoms with E-state index in [0.29, 0.717) is 15.7 Å². The number of hydrogen-bond donors (Lipinski definition) is 1. The van der Waals surface area contributed by atoms with Crippen molar-refractivity contribution in [2.75, 3.05) is 5.32 Å². The maximum atomic E-state index is 13.3. The number of nitrogens with zero attached hydrogens (tertiary/aromatic N) is 2. The van der Waals surface area contributed by atoms with Gasteiger partial charge < -0.3 is 5.32 Å². The SMILES string of the molecule is Cc1cccc(CSc2ncc(Sc3ccc(Br)cc3)c(C(=O)Nc3ccc(C)c(C)c3)n2)c1. The molecule has 3 aromatic carbocycles. The number of benzene rings is 3. The lowest BCUT2D eigenvalue weighted by Crippen LogP contribution is -2.16. The fraction of sp³-hybridized carbons (Fsp3) is 0.148. The molecule has 0 saturated carbocycles. The molecule has 0 fully saturated rings. The second kappa shape index (κ2) is 11.2. The second-order valence-electron chi connectivity index (χ2n) is 7.95. The Kier molecular flexibility index (Phi) is 8.08. The lowest BCUT2D eigenvalue weighted by atomic mass is 10.1. The molecule has 4 nitrogen and oxygen atoms in total. The summed E-state index contributed by atoms with van der Waals surface area (Å²) in [4.78, 5) is 24.3. The molecule has 4 rings (SSSR count). The first kappa shape index (κ1) is 24.5. The predicted molar refractivity (Wildman–Crippen MR) is 145 cm³/mol. The van der Waals surface area contributed by atoms with Crippen LogP contribution in [0.25, 0.3) is 0 Å². The van der Waals surface area contributed by atoms with Crippen molar-refractivity contribution >= 4 is 51.0 Å². The van der Waals surface area contributed by atoms with Crippen LogP contribution in [-0.2, 0) is 5.75 Å². The van der Waals surface area contributed by atoms with E-state index in [9.17, 15) is 4.79 Å². The fourth-order valence-electron chi connectivity index (χ4n) is 3.25. The zero-order valence-corrected chi connectivity index (χ0v) is 22.4. The zero-order chi connectivity index (χ0) is 24.1. The molecule has 0 bridgehead atoms. The number of carbonyl (C=O) groups is 1. The molecular formula is C27H24BrN3OS2. The summed E-state index contributed by atoms with van der Waals surface area (Å²) in [6, 6.07) is 22.2. The smallest absolute Gasteiger partial charge is 0.275 e. The Morgan fingerprint density at radius 3 is 2.50 bits per heavy atom. The largest absolute Gasteiger partial charge is 0.321 e. The Morgan fingerprint density at radius 1 is 0.971 bits per heavy atom. The standard InChI is InChI=1S/C27H24BrN3OS2/c1-17-5-4-6-20(13-17)16-33-27-29-15-24(34-23-11-8-21(28)9-12-23)25(31-27)26(32)30-22-10-7-18(2)19(3)14-22/h4-15H,16H2,1-3H3,(H,30,32). The summed E-state index contributed by atoms with van der Waals surface area (Å²) in [6.07, 6.45) is 1.74. The summed E-state index contributed by atoms with van der Waals surface area (Å²) < 4.78 is 1.00. The van der Waals surface area contributed by atoms with Crippen molar-refractivity contribution in [2.45, 2.75) is 41.5 Å². The quantitative estimate of drug-likeness (QED) is 0.188. The molecule has 1 N–H and O–H groups in total. The van der Waals surface area contributed by atoms with Gasteiger partial charge in [0, 0.05) is 27.0 Å². The summed E-state index contributed by atoms with van der Waals surface area (Å²) >= 11 is 6.47. The highest BCUT2D eigenvalue weighted by Gasteiger charge is 2.18. The first-order valence-corrected chi connectivity index (χ1v) is 13.3. The number of nitrogens with one attached hydrogen (secondary N) is 1. The first-order valence-electron chi connectivity index (χ1n) is 10.7. The Balaban J connectivity index is 1.61. The van der Waals surface area contributed by atoms with Gasteiger partial charge in [0.05, 0.1) is 4.90 Å². The molecular weight excluding hydrogens is 526 g/mol. The predicted octanol–water partition coefficient (Wildman–Crippen LogP) is 7.86. The van der Waals surface area contributed by atoms with E-state index in [1.54, 1.807) is 6.20 Å². The maximum absolute atomic E-state index is 13.3. The Bertz CT molecular complexity index is 1330. The molecule has 0 spiro atoms. The van der Waals surface area contributed by atoms with Crippen LogP contribution in [0.1, 0.15) is 32.7 Å². The number of aryl methyl sites for hydroxylation is 3. The van der Waals surface area contributed by atoms with Crippen LogP contribution in [0.5, 0.6) is 0 Å². The van der Waals surface area contributed by atoms with E-state index >= 15 is 0 Å². The Hall–Kier alpha value is -2.61. The number of rotatable bonds is 7. The van der Waals surface area contributed by atoms with Crippen molar-refractivity contribution < 1.29 is 4.79 Å². The van der Waals surface area contributed by atoms with Gasteiger partial charge in [-0.3, -0.25) is 4.79 Å². The third-order valence-electron chi connectivity index (χ3n) is 5.20. The van der Waals surface area contributed by atoms with Crippen LogP contribution < -0.4 is 5.32 Å². The number of amides is 1. The zero-order valence-electron chi connectivity index (χ0n) is 19.1. The van der Waals surface area contributed by atoms with Crippen LogP contribution in [0.2, 0.25) is 0 Å². The molecule has 0 saturated heterocycles. The number of thioether (sulfide) groups is 1. The van der Waals surface area contributed by atoms with Crippen LogP contribution in [0.15, 0.2) is 92.3 Å². The minimum atomic E-state index is -0.248. The van der Waals surface area contributed by atoms with Crippen molar-refractivity contribution in [1.82, 2.24) is 9.97 Å². The number of hydrogen-bond acceptors (Lipinski definition) is 5. The molecule has 0 aliphatic heterocycles. The molecule has 0 unspecified atom stereocenters. The van der Waals surface area contributed by atoms with Gasteiger partial charge in [0.2, 0.25) is 0 Å². The topological polar surface area (TPSA) is 54.9 Å². The van der Waals surface area contributed by atoms with Gasteiger partial charge >= 0.3 is 0 Å². The normalized spacial score (nSPS) is 10.8. The van der Waals surface area contributed by atoms with Gasteiger partial charge in [-0.15, -0.1) is 0 Å². The van der Waals surface area contributed by atoms with E-state index in [1.165, 1.54) is 40.2 Å². The molecule has 0 aliphatic carbocycles. The van der Waals surface area contributed by atoms with Gasteiger partial charge in [-0.1, -0.05) is 75.3 Å². The van der Waals surface area contributed by atoms with Crippen molar-refractivity contribution in [3.8, 4) is 0 Å². The first-order chi connectivity index (χ1) is 16.4. The average Bonchev–Trinajstić information content (AvgIpc) is 2.82. The van der Waals surface area contributed by atoms with Gasteiger partial charge in [0.25, 0.3) is 5.91 Å². The Morgan fingerprint density at radius 2 is 1.76 bits per heavy atom. The average molecular weight is 551 g/mol. The molecule has 172 valence electrons. The van der Waals surface area contributed by atoms with Gasteiger partial charge in [-0.05, 0) is 73.9 Å². The Labute approximate surface area is 217 Å². The molecule has 0 atom stereocenters. The van der Waals surface area contributed by atoms with E-state index in [4.69, 9.17) is 0 Å². The lowest BCUT2D eigenvalue weighted by Gasteiger charge is -2.12. The number of carbonyl (C=O) groups excluding carboxylic acids is 1. The van der Waals surface area contributed by atoms with E-state index in [1.807, 2.05) is 55.5 Å². The van der Waals surface area contributed by atoms with Gasteiger partial charge in [-0.2, -0.15) is 0 Å². The molecule has 0 radical (unpaired) electrons. The summed E-state index contributed by atoms with van der Waals surface area (Å²) in [5.74, 6) is 0.488. The number of halogens is 1. The molecule has 1 amide bonds. The third kappa shape index (κ3) is 6.50. The summed E-state index contributed by atoms with van der Waals surface area (Å²) in [7, 11) is 0. The van der Waals surface area contributed by atoms with Crippen LogP contribution in [0.4, 0.5) is 5.69 Å². The summed E-state index contributed by atoms with van der Waals surface area (Å²) in [5, 5.41) is 3.59. The van der Waals surface area contributed by atoms with Crippen molar-refractivity contribution in [2.24, 2.45) is 0 Å². The molecule has 1 aromatic heterocycles. The molecule has 0 aliphatic rings. The van der Waals surface area contributed by atoms with E-state index < -0.39 is 0 Å². The highest BCUT2D eigenvalue weighted by atomic mass is 79.9. The van der Waals surface area contributed by atoms with Crippen LogP contribution in [0, 0.1) is 20.8 Å². The molecule has 7 heteroatoms. The van der Waals surface area contributed by atoms with Gasteiger partial charge in [0.15, 0.2) is 5.16 Å². The van der Waals surface area contributed by atoms with E-state index in [-0.39, 0.29) is 5.91 Å². The number of anilines is 1. The van der Waals surface area contributed by atoms with E-state index in [2.05, 4.69) is 63.3 Å². The molecule has 1 heterocycles. The van der Waals surface area contributed by atoms with Crippen LogP contribution in [-0.4, -0.2) is 15.9 Å². The van der Waals surface area contributed by atoms with Crippen molar-refractivity contribution in [3.63, 3.8) is 0 Å².